The number of aliphatic carboxylic acids is 1. The standard InChI is InChI=1S/C10H19N3O4/c1-13-4-3-7(5-13)11-10(16)12-8(6-17-2)9(14)15/h7-8H,3-6H2,1-2H3,(H,14,15)(H2,11,12,16). The summed E-state index contributed by atoms with van der Waals surface area (Å²) in [7, 11) is 3.37. The number of likely N-dealkylation sites (tertiary alicyclic amines) is 1. The lowest BCUT2D eigenvalue weighted by Gasteiger charge is -2.17. The number of carboxylic acid groups (broad SMARTS) is 1. The van der Waals surface area contributed by atoms with E-state index in [0.717, 1.165) is 19.5 Å². The smallest absolute Gasteiger partial charge is 0.328 e. The zero-order chi connectivity index (χ0) is 12.8. The van der Waals surface area contributed by atoms with Crippen molar-refractivity contribution in [3.05, 3.63) is 0 Å². The number of carboxylic acids is 1. The number of nitrogens with zero attached hydrogens (tertiary/aromatic N) is 1. The summed E-state index contributed by atoms with van der Waals surface area (Å²) in [5.41, 5.74) is 0. The van der Waals surface area contributed by atoms with E-state index < -0.39 is 18.0 Å². The molecule has 3 N–H and O–H groups in total. The number of hydrogen-bond acceptors (Lipinski definition) is 4. The van der Waals surface area contributed by atoms with Crippen LogP contribution in [0.5, 0.6) is 0 Å². The van der Waals surface area contributed by atoms with Gasteiger partial charge < -0.3 is 25.4 Å². The van der Waals surface area contributed by atoms with Crippen LogP contribution in [0.3, 0.4) is 0 Å². The first-order chi connectivity index (χ1) is 8.02. The van der Waals surface area contributed by atoms with Gasteiger partial charge in [-0.2, -0.15) is 0 Å². The molecule has 1 aliphatic heterocycles. The Hall–Kier alpha value is -1.34. The van der Waals surface area contributed by atoms with Gasteiger partial charge in [-0.25, -0.2) is 9.59 Å². The fourth-order valence-electron chi connectivity index (χ4n) is 1.78. The first-order valence-corrected chi connectivity index (χ1v) is 5.50. The molecular weight excluding hydrogens is 226 g/mol. The molecule has 0 saturated carbocycles. The Kier molecular flexibility index (Phi) is 5.17. The molecule has 0 bridgehead atoms. The zero-order valence-electron chi connectivity index (χ0n) is 10.1. The highest BCUT2D eigenvalue weighted by Crippen LogP contribution is 2.05. The minimum Gasteiger partial charge on any atom is -0.480 e. The molecule has 2 amide bonds. The number of amides is 2. The average molecular weight is 245 g/mol. The van der Waals surface area contributed by atoms with E-state index >= 15 is 0 Å². The van der Waals surface area contributed by atoms with Crippen LogP contribution in [0, 0.1) is 0 Å². The van der Waals surface area contributed by atoms with E-state index in [1.54, 1.807) is 0 Å². The molecule has 2 unspecified atom stereocenters. The fourth-order valence-corrected chi connectivity index (χ4v) is 1.78. The molecule has 7 nitrogen and oxygen atoms in total. The zero-order valence-corrected chi connectivity index (χ0v) is 10.1. The molecule has 98 valence electrons. The molecule has 1 fully saturated rings. The topological polar surface area (TPSA) is 90.9 Å². The molecule has 0 spiro atoms. The molecule has 1 rings (SSSR count). The second-order valence-electron chi connectivity index (χ2n) is 4.21. The van der Waals surface area contributed by atoms with Crippen LogP contribution in [0.4, 0.5) is 4.79 Å². The molecule has 17 heavy (non-hydrogen) atoms. The van der Waals surface area contributed by atoms with Crippen molar-refractivity contribution in [2.75, 3.05) is 33.9 Å². The number of hydrogen-bond donors (Lipinski definition) is 3. The number of carbonyl (C=O) groups excluding carboxylic acids is 1. The molecule has 7 heteroatoms. The van der Waals surface area contributed by atoms with Crippen molar-refractivity contribution in [3.63, 3.8) is 0 Å². The lowest BCUT2D eigenvalue weighted by atomic mass is 10.2. The summed E-state index contributed by atoms with van der Waals surface area (Å²) >= 11 is 0. The summed E-state index contributed by atoms with van der Waals surface area (Å²) in [4.78, 5) is 24.4. The quantitative estimate of drug-likeness (QED) is 0.583. The van der Waals surface area contributed by atoms with E-state index in [-0.39, 0.29) is 12.6 Å². The third-order valence-electron chi connectivity index (χ3n) is 2.66. The van der Waals surface area contributed by atoms with Gasteiger partial charge in [0.25, 0.3) is 0 Å². The van der Waals surface area contributed by atoms with Crippen LogP contribution in [0.1, 0.15) is 6.42 Å². The van der Waals surface area contributed by atoms with Crippen molar-refractivity contribution < 1.29 is 19.4 Å². The third kappa shape index (κ3) is 4.58. The molecule has 0 aromatic heterocycles. The van der Waals surface area contributed by atoms with Crippen LogP contribution >= 0.6 is 0 Å². The van der Waals surface area contributed by atoms with Crippen LogP contribution in [0.15, 0.2) is 0 Å². The first-order valence-electron chi connectivity index (χ1n) is 5.50. The van der Waals surface area contributed by atoms with Crippen LogP contribution in [-0.4, -0.2) is 67.9 Å². The Bertz CT molecular complexity index is 285. The molecule has 0 aliphatic carbocycles. The van der Waals surface area contributed by atoms with Gasteiger partial charge in [-0.15, -0.1) is 0 Å². The number of urea groups is 1. The fraction of sp³-hybridized carbons (Fsp3) is 0.800. The summed E-state index contributed by atoms with van der Waals surface area (Å²) in [6.45, 7) is 1.67. The van der Waals surface area contributed by atoms with E-state index in [2.05, 4.69) is 15.5 Å². The van der Waals surface area contributed by atoms with Crippen LogP contribution < -0.4 is 10.6 Å². The Morgan fingerprint density at radius 1 is 1.59 bits per heavy atom. The highest BCUT2D eigenvalue weighted by Gasteiger charge is 2.24. The summed E-state index contributed by atoms with van der Waals surface area (Å²) in [6.07, 6.45) is 0.881. The maximum Gasteiger partial charge on any atom is 0.328 e. The highest BCUT2D eigenvalue weighted by atomic mass is 16.5. The predicted octanol–water partition coefficient (Wildman–Crippen LogP) is -0.911. The Labute approximate surface area is 100 Å². The van der Waals surface area contributed by atoms with Crippen molar-refractivity contribution in [2.24, 2.45) is 0 Å². The number of rotatable bonds is 5. The lowest BCUT2D eigenvalue weighted by Crippen LogP contribution is -2.51. The molecule has 1 saturated heterocycles. The van der Waals surface area contributed by atoms with Gasteiger partial charge in [0, 0.05) is 19.7 Å². The SMILES string of the molecule is COCC(NC(=O)NC1CCN(C)C1)C(=O)O. The third-order valence-corrected chi connectivity index (χ3v) is 2.66. The highest BCUT2D eigenvalue weighted by molar-refractivity contribution is 5.82. The van der Waals surface area contributed by atoms with Crippen molar-refractivity contribution in [2.45, 2.75) is 18.5 Å². The van der Waals surface area contributed by atoms with Crippen LogP contribution in [0.2, 0.25) is 0 Å². The average Bonchev–Trinajstić information content (AvgIpc) is 2.63. The molecule has 0 aromatic rings. The van der Waals surface area contributed by atoms with Gasteiger partial charge in [0.2, 0.25) is 0 Å². The van der Waals surface area contributed by atoms with Gasteiger partial charge in [-0.3, -0.25) is 0 Å². The number of carbonyl (C=O) groups is 2. The van der Waals surface area contributed by atoms with Crippen molar-refractivity contribution in [3.8, 4) is 0 Å². The molecule has 0 radical (unpaired) electrons. The van der Waals surface area contributed by atoms with E-state index in [0.29, 0.717) is 0 Å². The van der Waals surface area contributed by atoms with Crippen LogP contribution in [-0.2, 0) is 9.53 Å². The van der Waals surface area contributed by atoms with Gasteiger partial charge in [0.05, 0.1) is 6.61 Å². The number of methoxy groups -OCH3 is 1. The van der Waals surface area contributed by atoms with Gasteiger partial charge in [0.15, 0.2) is 6.04 Å². The molecule has 2 atom stereocenters. The largest absolute Gasteiger partial charge is 0.480 e. The van der Waals surface area contributed by atoms with Gasteiger partial charge in [-0.1, -0.05) is 0 Å². The van der Waals surface area contributed by atoms with Gasteiger partial charge in [-0.05, 0) is 20.0 Å². The number of ether oxygens (including phenoxy) is 1. The van der Waals surface area contributed by atoms with Gasteiger partial charge in [0.1, 0.15) is 0 Å². The molecule has 1 aliphatic rings. The minimum absolute atomic E-state index is 0.0483. The maximum absolute atomic E-state index is 11.5. The second kappa shape index (κ2) is 6.41. The Morgan fingerprint density at radius 3 is 2.76 bits per heavy atom. The second-order valence-corrected chi connectivity index (χ2v) is 4.21. The normalized spacial score (nSPS) is 22.1. The van der Waals surface area contributed by atoms with Crippen molar-refractivity contribution in [1.29, 1.82) is 0 Å². The molecule has 0 aromatic carbocycles. The Morgan fingerprint density at radius 2 is 2.29 bits per heavy atom. The maximum atomic E-state index is 11.5. The van der Waals surface area contributed by atoms with E-state index in [1.807, 2.05) is 7.05 Å². The summed E-state index contributed by atoms with van der Waals surface area (Å²) in [5, 5.41) is 13.9. The van der Waals surface area contributed by atoms with E-state index in [9.17, 15) is 9.59 Å². The Balaban J connectivity index is 2.34. The van der Waals surface area contributed by atoms with Crippen molar-refractivity contribution >= 4 is 12.0 Å². The number of nitrogens with one attached hydrogen (secondary N) is 2. The molecular formula is C10H19N3O4. The summed E-state index contributed by atoms with van der Waals surface area (Å²) < 4.78 is 4.72. The first kappa shape index (κ1) is 13.7. The van der Waals surface area contributed by atoms with Gasteiger partial charge >= 0.3 is 12.0 Å². The van der Waals surface area contributed by atoms with E-state index in [1.165, 1.54) is 7.11 Å². The number of likely N-dealkylation sites (N-methyl/N-ethyl adjacent to an activating group) is 1. The van der Waals surface area contributed by atoms with Crippen LogP contribution in [0.25, 0.3) is 0 Å². The summed E-state index contributed by atoms with van der Waals surface area (Å²) in [6, 6.07) is -1.40. The summed E-state index contributed by atoms with van der Waals surface area (Å²) in [5.74, 6) is -1.11. The predicted molar refractivity (Wildman–Crippen MR) is 60.9 cm³/mol. The molecule has 1 heterocycles. The van der Waals surface area contributed by atoms with E-state index in [4.69, 9.17) is 9.84 Å². The monoisotopic (exact) mass is 245 g/mol. The lowest BCUT2D eigenvalue weighted by molar-refractivity contribution is -0.140. The minimum atomic E-state index is -1.11. The van der Waals surface area contributed by atoms with Crippen molar-refractivity contribution in [1.82, 2.24) is 15.5 Å².